The Balaban J connectivity index is 0.00000342. The van der Waals surface area contributed by atoms with E-state index in [-0.39, 0.29) is 19.4 Å². The number of carbonyl (C=O) groups excluding carboxylic acids is 1. The molecule has 1 atom stereocenters. The minimum absolute atomic E-state index is 0. The van der Waals surface area contributed by atoms with E-state index in [9.17, 15) is 13.2 Å². The number of fused-ring (bicyclic) bond motifs is 1. The molecule has 4 rings (SSSR count). The van der Waals surface area contributed by atoms with E-state index in [1.807, 2.05) is 6.07 Å². The summed E-state index contributed by atoms with van der Waals surface area (Å²) in [5, 5.41) is 3.11. The van der Waals surface area contributed by atoms with Crippen LogP contribution in [0.15, 0.2) is 18.2 Å². The number of rotatable bonds is 7. The predicted octanol–water partition coefficient (Wildman–Crippen LogP) is 4.54. The van der Waals surface area contributed by atoms with Gasteiger partial charge in [0.25, 0.3) is 5.91 Å². The molecule has 1 N–H and O–H groups in total. The molecule has 1 amide bonds. The fourth-order valence-corrected chi connectivity index (χ4v) is 7.15. The van der Waals surface area contributed by atoms with Gasteiger partial charge < -0.3 is 5.32 Å². The Morgan fingerprint density at radius 1 is 1.06 bits per heavy atom. The van der Waals surface area contributed by atoms with Crippen molar-refractivity contribution in [3.8, 4) is 0 Å². The number of amides is 1. The smallest absolute Gasteiger partial charge is 0.251 e. The van der Waals surface area contributed by atoms with Gasteiger partial charge in [0.05, 0.1) is 6.26 Å². The maximum atomic E-state index is 12.9. The molecule has 1 saturated heterocycles. The molecule has 8 heteroatoms. The Kier molecular flexibility index (Phi) is 9.74. The van der Waals surface area contributed by atoms with Gasteiger partial charge in [-0.15, -0.1) is 0 Å². The average Bonchev–Trinajstić information content (AvgIpc) is 3.16. The second-order valence-electron chi connectivity index (χ2n) is 11.5. The fourth-order valence-electron chi connectivity index (χ4n) is 6.27. The third kappa shape index (κ3) is 7.02. The van der Waals surface area contributed by atoms with Crippen LogP contribution >= 0.6 is 13.5 Å². The molecule has 2 fully saturated rings. The van der Waals surface area contributed by atoms with Crippen molar-refractivity contribution in [3.63, 3.8) is 0 Å². The number of carbonyl (C=O) groups is 1. The number of hydrogen-bond donors (Lipinski definition) is 1. The van der Waals surface area contributed by atoms with Crippen molar-refractivity contribution >= 4 is 29.4 Å². The molecule has 35 heavy (non-hydrogen) atoms. The van der Waals surface area contributed by atoms with Crippen molar-refractivity contribution in [2.75, 3.05) is 32.4 Å². The maximum Gasteiger partial charge on any atom is 0.251 e. The van der Waals surface area contributed by atoms with Gasteiger partial charge in [0.2, 0.25) is 10.0 Å². The second kappa shape index (κ2) is 12.0. The highest BCUT2D eigenvalue weighted by atomic mass is 32.2. The Hall–Kier alpha value is -1.09. The number of benzene rings is 1. The molecule has 2 heterocycles. The summed E-state index contributed by atoms with van der Waals surface area (Å²) in [5.74, 6) is 2.52. The van der Waals surface area contributed by atoms with Crippen molar-refractivity contribution in [2.45, 2.75) is 71.9 Å². The van der Waals surface area contributed by atoms with Crippen LogP contribution in [0.5, 0.6) is 0 Å². The highest BCUT2D eigenvalue weighted by Gasteiger charge is 2.34. The molecule has 0 bridgehead atoms. The third-order valence-electron chi connectivity index (χ3n) is 8.34. The van der Waals surface area contributed by atoms with Gasteiger partial charge in [-0.25, -0.2) is 12.7 Å². The molecular formula is C27H45N3O3S2. The zero-order valence-corrected chi connectivity index (χ0v) is 23.7. The zero-order chi connectivity index (χ0) is 24.5. The van der Waals surface area contributed by atoms with E-state index in [2.05, 4.69) is 43.1 Å². The second-order valence-corrected chi connectivity index (χ2v) is 13.5. The SMILES string of the molecule is CC1CCC(CN2Cc3cc(C(=O)NCC4CCN(S(C)(=O)=O)CC4)ccc3[C@@H]2C(C)C)CC1.S. The highest BCUT2D eigenvalue weighted by Crippen LogP contribution is 2.41. The van der Waals surface area contributed by atoms with Crippen molar-refractivity contribution in [2.24, 2.45) is 23.7 Å². The highest BCUT2D eigenvalue weighted by molar-refractivity contribution is 7.88. The molecule has 0 aromatic heterocycles. The van der Waals surface area contributed by atoms with Gasteiger partial charge >= 0.3 is 0 Å². The first-order valence-corrected chi connectivity index (χ1v) is 15.1. The van der Waals surface area contributed by atoms with Gasteiger partial charge in [0.1, 0.15) is 0 Å². The summed E-state index contributed by atoms with van der Waals surface area (Å²) in [5.41, 5.74) is 3.43. The van der Waals surface area contributed by atoms with Crippen molar-refractivity contribution in [3.05, 3.63) is 34.9 Å². The van der Waals surface area contributed by atoms with Gasteiger partial charge in [-0.2, -0.15) is 13.5 Å². The lowest BCUT2D eigenvalue weighted by Gasteiger charge is -2.34. The number of hydrogen-bond acceptors (Lipinski definition) is 4. The summed E-state index contributed by atoms with van der Waals surface area (Å²) in [7, 11) is -3.11. The van der Waals surface area contributed by atoms with Crippen molar-refractivity contribution in [1.29, 1.82) is 0 Å². The molecule has 1 aromatic carbocycles. The third-order valence-corrected chi connectivity index (χ3v) is 9.65. The quantitative estimate of drug-likeness (QED) is 0.570. The van der Waals surface area contributed by atoms with Crippen LogP contribution in [0, 0.1) is 23.7 Å². The minimum atomic E-state index is -3.11. The molecule has 1 saturated carbocycles. The van der Waals surface area contributed by atoms with Gasteiger partial charge in [-0.05, 0) is 72.6 Å². The number of nitrogens with zero attached hydrogens (tertiary/aromatic N) is 2. The molecule has 0 spiro atoms. The predicted molar refractivity (Wildman–Crippen MR) is 147 cm³/mol. The summed E-state index contributed by atoms with van der Waals surface area (Å²) in [6.07, 6.45) is 8.25. The minimum Gasteiger partial charge on any atom is -0.352 e. The topological polar surface area (TPSA) is 69.7 Å². The van der Waals surface area contributed by atoms with Crippen LogP contribution in [0.1, 0.15) is 86.8 Å². The first-order valence-electron chi connectivity index (χ1n) is 13.2. The molecule has 0 radical (unpaired) electrons. The van der Waals surface area contributed by atoms with Crippen LogP contribution in [0.25, 0.3) is 0 Å². The van der Waals surface area contributed by atoms with Crippen molar-refractivity contribution in [1.82, 2.24) is 14.5 Å². The maximum absolute atomic E-state index is 12.9. The standard InChI is InChI=1S/C27H43N3O3S.H2S/c1-19(2)26-25-10-9-23(15-24(25)18-29(26)17-22-7-5-20(3)6-8-22)27(31)28-16-21-11-13-30(14-12-21)34(4,32)33;/h9-10,15,19-22,26H,5-8,11-14,16-18H2,1-4H3,(H,28,31);1H2/t20?,22?,26-;/m0./s1. The van der Waals surface area contributed by atoms with Gasteiger partial charge in [-0.3, -0.25) is 9.69 Å². The summed E-state index contributed by atoms with van der Waals surface area (Å²) in [4.78, 5) is 15.6. The average molecular weight is 524 g/mol. The lowest BCUT2D eigenvalue weighted by molar-refractivity contribution is 0.0941. The first-order chi connectivity index (χ1) is 16.1. The number of piperidine rings is 1. The molecule has 1 aliphatic carbocycles. The Bertz CT molecular complexity index is 966. The van der Waals surface area contributed by atoms with Crippen molar-refractivity contribution < 1.29 is 13.2 Å². The molecule has 3 aliphatic rings. The molecular weight excluding hydrogens is 478 g/mol. The van der Waals surface area contributed by atoms with Crippen LogP contribution < -0.4 is 5.32 Å². The van der Waals surface area contributed by atoms with E-state index in [1.54, 1.807) is 0 Å². The molecule has 1 aromatic rings. The molecule has 198 valence electrons. The largest absolute Gasteiger partial charge is 0.352 e. The van der Waals surface area contributed by atoms with E-state index >= 15 is 0 Å². The first kappa shape index (κ1) is 28.5. The van der Waals surface area contributed by atoms with Crippen LogP contribution in [0.2, 0.25) is 0 Å². The van der Waals surface area contributed by atoms with Crippen LogP contribution in [-0.2, 0) is 16.6 Å². The normalized spacial score (nSPS) is 26.4. The molecule has 2 aliphatic heterocycles. The lowest BCUT2D eigenvalue weighted by Crippen LogP contribution is -2.41. The summed E-state index contributed by atoms with van der Waals surface area (Å²) in [6, 6.07) is 6.71. The van der Waals surface area contributed by atoms with E-state index in [0.717, 1.165) is 43.3 Å². The van der Waals surface area contributed by atoms with E-state index < -0.39 is 10.0 Å². The fraction of sp³-hybridized carbons (Fsp3) is 0.741. The summed E-state index contributed by atoms with van der Waals surface area (Å²) in [6.45, 7) is 10.8. The Labute approximate surface area is 219 Å². The Morgan fingerprint density at radius 3 is 2.31 bits per heavy atom. The van der Waals surface area contributed by atoms with Gasteiger partial charge in [0.15, 0.2) is 0 Å². The zero-order valence-electron chi connectivity index (χ0n) is 21.9. The number of nitrogens with one attached hydrogen (secondary N) is 1. The number of sulfonamides is 1. The van der Waals surface area contributed by atoms with E-state index in [4.69, 9.17) is 0 Å². The lowest BCUT2D eigenvalue weighted by atomic mass is 9.82. The van der Waals surface area contributed by atoms with Crippen LogP contribution in [-0.4, -0.2) is 56.0 Å². The van der Waals surface area contributed by atoms with Gasteiger partial charge in [0, 0.05) is 44.3 Å². The summed E-state index contributed by atoms with van der Waals surface area (Å²) < 4.78 is 24.9. The molecule has 6 nitrogen and oxygen atoms in total. The van der Waals surface area contributed by atoms with Crippen LogP contribution in [0.4, 0.5) is 0 Å². The summed E-state index contributed by atoms with van der Waals surface area (Å²) >= 11 is 0. The monoisotopic (exact) mass is 523 g/mol. The van der Waals surface area contributed by atoms with Gasteiger partial charge in [-0.1, -0.05) is 39.7 Å². The van der Waals surface area contributed by atoms with E-state index in [0.29, 0.717) is 37.5 Å². The Morgan fingerprint density at radius 2 is 1.71 bits per heavy atom. The van der Waals surface area contributed by atoms with E-state index in [1.165, 1.54) is 47.4 Å². The molecule has 0 unspecified atom stereocenters. The van der Waals surface area contributed by atoms with Crippen LogP contribution in [0.3, 0.4) is 0 Å².